The van der Waals surface area contributed by atoms with Crippen molar-refractivity contribution in [3.63, 3.8) is 0 Å². The lowest BCUT2D eigenvalue weighted by Crippen LogP contribution is -2.52. The van der Waals surface area contributed by atoms with E-state index in [4.69, 9.17) is 23.2 Å². The third-order valence-corrected chi connectivity index (χ3v) is 4.73. The van der Waals surface area contributed by atoms with Crippen molar-refractivity contribution in [1.82, 2.24) is 9.80 Å². The van der Waals surface area contributed by atoms with E-state index in [0.717, 1.165) is 32.6 Å². The average Bonchev–Trinajstić information content (AvgIpc) is 2.50. The molecule has 0 aliphatic carbocycles. The van der Waals surface area contributed by atoms with E-state index in [1.165, 1.54) is 0 Å². The van der Waals surface area contributed by atoms with Crippen molar-refractivity contribution in [2.24, 2.45) is 0 Å². The summed E-state index contributed by atoms with van der Waals surface area (Å²) in [6.07, 6.45) is 1.13. The van der Waals surface area contributed by atoms with Gasteiger partial charge in [-0.2, -0.15) is 0 Å². The van der Waals surface area contributed by atoms with Gasteiger partial charge in [0.05, 0.1) is 10.0 Å². The van der Waals surface area contributed by atoms with Crippen molar-refractivity contribution < 1.29 is 4.79 Å². The predicted octanol–water partition coefficient (Wildman–Crippen LogP) is 3.94. The number of hydrogen-bond donors (Lipinski definition) is 1. The van der Waals surface area contributed by atoms with E-state index < -0.39 is 0 Å². The van der Waals surface area contributed by atoms with Crippen LogP contribution in [0.15, 0.2) is 18.2 Å². The largest absolute Gasteiger partial charge is 0.322 e. The molecule has 1 unspecified atom stereocenters. The molecule has 2 rings (SSSR count). The number of piperazine rings is 1. The zero-order valence-corrected chi connectivity index (χ0v) is 13.9. The second kappa shape index (κ2) is 7.34. The van der Waals surface area contributed by atoms with E-state index in [2.05, 4.69) is 24.1 Å². The van der Waals surface area contributed by atoms with Gasteiger partial charge in [0.2, 0.25) is 0 Å². The average molecular weight is 330 g/mol. The van der Waals surface area contributed by atoms with Crippen LogP contribution < -0.4 is 5.32 Å². The maximum atomic E-state index is 12.2. The van der Waals surface area contributed by atoms with Gasteiger partial charge in [-0.15, -0.1) is 0 Å². The summed E-state index contributed by atoms with van der Waals surface area (Å²) in [4.78, 5) is 16.5. The molecular formula is C15H21Cl2N3O. The molecule has 2 amide bonds. The number of rotatable bonds is 3. The molecule has 1 fully saturated rings. The van der Waals surface area contributed by atoms with E-state index in [1.54, 1.807) is 18.2 Å². The van der Waals surface area contributed by atoms with Gasteiger partial charge in [0.25, 0.3) is 0 Å². The van der Waals surface area contributed by atoms with Crippen LogP contribution in [-0.4, -0.2) is 48.1 Å². The van der Waals surface area contributed by atoms with E-state index in [9.17, 15) is 4.79 Å². The van der Waals surface area contributed by atoms with Gasteiger partial charge in [0, 0.05) is 37.9 Å². The molecule has 0 bridgehead atoms. The second-order valence-electron chi connectivity index (χ2n) is 5.34. The highest BCUT2D eigenvalue weighted by molar-refractivity contribution is 6.42. The lowest BCUT2D eigenvalue weighted by atomic mass is 10.2. The standard InChI is InChI=1S/C15H21Cl2N3O/c1-3-11(2)19-6-8-20(9-7-19)15(21)18-12-4-5-13(16)14(17)10-12/h4-5,10-11H,3,6-9H2,1-2H3,(H,18,21). The molecular weight excluding hydrogens is 309 g/mol. The first-order valence-electron chi connectivity index (χ1n) is 7.26. The van der Waals surface area contributed by atoms with Gasteiger partial charge in [-0.1, -0.05) is 30.1 Å². The molecule has 0 aromatic heterocycles. The van der Waals surface area contributed by atoms with Crippen molar-refractivity contribution in [3.8, 4) is 0 Å². The van der Waals surface area contributed by atoms with Crippen molar-refractivity contribution >= 4 is 34.9 Å². The number of halogens is 2. The Morgan fingerprint density at radius 2 is 1.90 bits per heavy atom. The van der Waals surface area contributed by atoms with E-state index in [-0.39, 0.29) is 6.03 Å². The topological polar surface area (TPSA) is 35.6 Å². The Hall–Kier alpha value is -0.970. The van der Waals surface area contributed by atoms with Gasteiger partial charge in [0.1, 0.15) is 0 Å². The summed E-state index contributed by atoms with van der Waals surface area (Å²) in [6.45, 7) is 7.75. The lowest BCUT2D eigenvalue weighted by molar-refractivity contribution is 0.117. The van der Waals surface area contributed by atoms with Gasteiger partial charge in [-0.3, -0.25) is 4.90 Å². The highest BCUT2D eigenvalue weighted by Gasteiger charge is 2.23. The summed E-state index contributed by atoms with van der Waals surface area (Å²) < 4.78 is 0. The fourth-order valence-electron chi connectivity index (χ4n) is 2.40. The smallest absolute Gasteiger partial charge is 0.321 e. The molecule has 4 nitrogen and oxygen atoms in total. The van der Waals surface area contributed by atoms with Crippen molar-refractivity contribution in [2.75, 3.05) is 31.5 Å². The number of hydrogen-bond acceptors (Lipinski definition) is 2. The SMILES string of the molecule is CCC(C)N1CCN(C(=O)Nc2ccc(Cl)c(Cl)c2)CC1. The molecule has 1 N–H and O–H groups in total. The zero-order chi connectivity index (χ0) is 15.4. The number of urea groups is 1. The van der Waals surface area contributed by atoms with Crippen LogP contribution in [-0.2, 0) is 0 Å². The number of anilines is 1. The van der Waals surface area contributed by atoms with Crippen LogP contribution in [0.3, 0.4) is 0 Å². The zero-order valence-electron chi connectivity index (χ0n) is 12.4. The lowest BCUT2D eigenvalue weighted by Gasteiger charge is -2.37. The minimum atomic E-state index is -0.0859. The van der Waals surface area contributed by atoms with E-state index >= 15 is 0 Å². The third-order valence-electron chi connectivity index (χ3n) is 3.99. The molecule has 6 heteroatoms. The summed E-state index contributed by atoms with van der Waals surface area (Å²) in [5, 5.41) is 3.79. The van der Waals surface area contributed by atoms with Crippen LogP contribution in [0.5, 0.6) is 0 Å². The highest BCUT2D eigenvalue weighted by atomic mass is 35.5. The first kappa shape index (κ1) is 16.4. The molecule has 0 radical (unpaired) electrons. The molecule has 0 spiro atoms. The van der Waals surface area contributed by atoms with Crippen molar-refractivity contribution in [2.45, 2.75) is 26.3 Å². The molecule has 1 aliphatic rings. The molecule has 0 saturated carbocycles. The number of carbonyl (C=O) groups is 1. The van der Waals surface area contributed by atoms with Crippen molar-refractivity contribution in [3.05, 3.63) is 28.2 Å². The molecule has 1 saturated heterocycles. The van der Waals surface area contributed by atoms with Gasteiger partial charge in [0.15, 0.2) is 0 Å². The summed E-state index contributed by atoms with van der Waals surface area (Å²) >= 11 is 11.8. The monoisotopic (exact) mass is 329 g/mol. The quantitative estimate of drug-likeness (QED) is 0.911. The normalized spacial score (nSPS) is 17.6. The Kier molecular flexibility index (Phi) is 5.73. The number of nitrogens with one attached hydrogen (secondary N) is 1. The van der Waals surface area contributed by atoms with Crippen LogP contribution in [0.2, 0.25) is 10.0 Å². The Labute approximate surface area is 136 Å². The van der Waals surface area contributed by atoms with Crippen LogP contribution >= 0.6 is 23.2 Å². The highest BCUT2D eigenvalue weighted by Crippen LogP contribution is 2.25. The van der Waals surface area contributed by atoms with Gasteiger partial charge >= 0.3 is 6.03 Å². The maximum absolute atomic E-state index is 12.2. The minimum Gasteiger partial charge on any atom is -0.322 e. The van der Waals surface area contributed by atoms with Gasteiger partial charge in [-0.25, -0.2) is 4.79 Å². The number of carbonyl (C=O) groups excluding carboxylic acids is 1. The molecule has 1 atom stereocenters. The molecule has 116 valence electrons. The summed E-state index contributed by atoms with van der Waals surface area (Å²) in [6, 6.07) is 5.58. The van der Waals surface area contributed by atoms with E-state index in [1.807, 2.05) is 4.90 Å². The third kappa shape index (κ3) is 4.25. The Morgan fingerprint density at radius 3 is 2.48 bits per heavy atom. The van der Waals surface area contributed by atoms with Crippen LogP contribution in [0.4, 0.5) is 10.5 Å². The molecule has 1 aromatic rings. The minimum absolute atomic E-state index is 0.0859. The number of amides is 2. The summed E-state index contributed by atoms with van der Waals surface area (Å²) in [7, 11) is 0. The predicted molar refractivity (Wildman–Crippen MR) is 88.4 cm³/mol. The van der Waals surface area contributed by atoms with Crippen LogP contribution in [0.1, 0.15) is 20.3 Å². The molecule has 1 heterocycles. The summed E-state index contributed by atoms with van der Waals surface area (Å²) in [5.41, 5.74) is 0.666. The maximum Gasteiger partial charge on any atom is 0.321 e. The summed E-state index contributed by atoms with van der Waals surface area (Å²) in [5.74, 6) is 0. The van der Waals surface area contributed by atoms with Gasteiger partial charge in [-0.05, 0) is 31.5 Å². The fourth-order valence-corrected chi connectivity index (χ4v) is 2.70. The molecule has 1 aliphatic heterocycles. The number of nitrogens with zero attached hydrogens (tertiary/aromatic N) is 2. The van der Waals surface area contributed by atoms with Crippen LogP contribution in [0.25, 0.3) is 0 Å². The Morgan fingerprint density at radius 1 is 1.24 bits per heavy atom. The molecule has 21 heavy (non-hydrogen) atoms. The van der Waals surface area contributed by atoms with Crippen LogP contribution in [0, 0.1) is 0 Å². The Balaban J connectivity index is 1.88. The first-order chi connectivity index (χ1) is 10.0. The van der Waals surface area contributed by atoms with Gasteiger partial charge < -0.3 is 10.2 Å². The second-order valence-corrected chi connectivity index (χ2v) is 6.15. The van der Waals surface area contributed by atoms with Crippen molar-refractivity contribution in [1.29, 1.82) is 0 Å². The molecule has 1 aromatic carbocycles. The first-order valence-corrected chi connectivity index (χ1v) is 8.02. The Bertz CT molecular complexity index is 502. The number of benzene rings is 1. The van der Waals surface area contributed by atoms with E-state index in [0.29, 0.717) is 21.8 Å². The fraction of sp³-hybridized carbons (Fsp3) is 0.533.